The zero-order valence-corrected chi connectivity index (χ0v) is 17.2. The first kappa shape index (κ1) is 17.6. The average Bonchev–Trinajstić information content (AvgIpc) is 2.66. The van der Waals surface area contributed by atoms with E-state index in [1.165, 1.54) is 36.5 Å². The van der Waals surface area contributed by atoms with Gasteiger partial charge in [0.1, 0.15) is 0 Å². The van der Waals surface area contributed by atoms with Crippen molar-refractivity contribution in [2.45, 2.75) is 45.8 Å². The number of hydrogen-bond donors (Lipinski definition) is 0. The highest BCUT2D eigenvalue weighted by Gasteiger charge is 2.21. The molecule has 0 unspecified atom stereocenters. The highest BCUT2D eigenvalue weighted by atomic mass is 32.2. The lowest BCUT2D eigenvalue weighted by atomic mass is 9.87. The highest BCUT2D eigenvalue weighted by molar-refractivity contribution is 8.02. The summed E-state index contributed by atoms with van der Waals surface area (Å²) >= 11 is 3.72. The van der Waals surface area contributed by atoms with E-state index in [2.05, 4.69) is 99.4 Å². The topological polar surface area (TPSA) is 3.24 Å². The molecule has 0 saturated heterocycles. The van der Waals surface area contributed by atoms with E-state index >= 15 is 0 Å². The van der Waals surface area contributed by atoms with Gasteiger partial charge in [0.2, 0.25) is 0 Å². The first-order valence-corrected chi connectivity index (χ1v) is 10.5. The molecule has 0 radical (unpaired) electrons. The molecule has 0 aromatic heterocycles. The molecular formula is C23H23NS2. The van der Waals surface area contributed by atoms with Crippen molar-refractivity contribution in [3.05, 3.63) is 72.3 Å². The van der Waals surface area contributed by atoms with Gasteiger partial charge in [-0.1, -0.05) is 74.6 Å². The van der Waals surface area contributed by atoms with Crippen LogP contribution in [0, 0.1) is 0 Å². The predicted octanol–water partition coefficient (Wildman–Crippen LogP) is 7.37. The zero-order valence-electron chi connectivity index (χ0n) is 15.6. The summed E-state index contributed by atoms with van der Waals surface area (Å²) < 4.78 is 0. The summed E-state index contributed by atoms with van der Waals surface area (Å²) in [4.78, 5) is 7.55. The van der Waals surface area contributed by atoms with Crippen molar-refractivity contribution in [2.24, 2.45) is 0 Å². The predicted molar refractivity (Wildman–Crippen MR) is 114 cm³/mol. The Morgan fingerprint density at radius 2 is 1.19 bits per heavy atom. The number of hydrogen-bond acceptors (Lipinski definition) is 3. The Hall–Kier alpha value is -1.84. The van der Waals surface area contributed by atoms with Crippen molar-refractivity contribution in [3.63, 3.8) is 0 Å². The molecule has 26 heavy (non-hydrogen) atoms. The first-order chi connectivity index (χ1) is 12.4. The molecule has 1 aliphatic heterocycles. The van der Waals surface area contributed by atoms with Crippen molar-refractivity contribution in [1.82, 2.24) is 0 Å². The molecule has 0 spiro atoms. The van der Waals surface area contributed by atoms with Crippen LogP contribution in [0.3, 0.4) is 0 Å². The summed E-state index contributed by atoms with van der Waals surface area (Å²) in [6.45, 7) is 6.83. The normalized spacial score (nSPS) is 13.8. The van der Waals surface area contributed by atoms with Gasteiger partial charge < -0.3 is 4.90 Å². The molecular weight excluding hydrogens is 354 g/mol. The molecule has 3 aromatic carbocycles. The van der Waals surface area contributed by atoms with Gasteiger partial charge in [0.15, 0.2) is 0 Å². The lowest BCUT2D eigenvalue weighted by molar-refractivity contribution is 0.588. The molecule has 0 atom stereocenters. The van der Waals surface area contributed by atoms with Gasteiger partial charge in [0.25, 0.3) is 0 Å². The van der Waals surface area contributed by atoms with Gasteiger partial charge in [-0.05, 0) is 47.4 Å². The molecule has 0 bridgehead atoms. The number of benzene rings is 3. The Morgan fingerprint density at radius 3 is 1.85 bits per heavy atom. The SMILES string of the molecule is CN1c2ccccc2Sc2ccccc2Sc2cc(C(C)(C)C)ccc21. The van der Waals surface area contributed by atoms with E-state index in [-0.39, 0.29) is 5.41 Å². The highest BCUT2D eigenvalue weighted by Crippen LogP contribution is 2.48. The second-order valence-electron chi connectivity index (χ2n) is 7.61. The van der Waals surface area contributed by atoms with E-state index in [1.54, 1.807) is 0 Å². The molecule has 132 valence electrons. The number of fused-ring (bicyclic) bond motifs is 3. The molecule has 1 heterocycles. The maximum absolute atomic E-state index is 2.37. The van der Waals surface area contributed by atoms with E-state index < -0.39 is 0 Å². The standard InChI is InChI=1S/C23H23NS2/c1-23(2,3)16-13-14-18-22(15-16)26-21-12-8-7-11-20(21)25-19-10-6-5-9-17(19)24(18)4/h5-15H,1-4H3. The third-order valence-corrected chi connectivity index (χ3v) is 7.10. The molecule has 1 nitrogen and oxygen atoms in total. The molecule has 4 rings (SSSR count). The van der Waals surface area contributed by atoms with Crippen molar-refractivity contribution in [1.29, 1.82) is 0 Å². The number of rotatable bonds is 0. The molecule has 0 amide bonds. The minimum Gasteiger partial charge on any atom is -0.343 e. The fourth-order valence-electron chi connectivity index (χ4n) is 3.15. The number of anilines is 2. The molecule has 3 aromatic rings. The maximum Gasteiger partial charge on any atom is 0.0550 e. The monoisotopic (exact) mass is 377 g/mol. The fraction of sp³-hybridized carbons (Fsp3) is 0.217. The lowest BCUT2D eigenvalue weighted by Gasteiger charge is -2.26. The van der Waals surface area contributed by atoms with E-state index in [0.29, 0.717) is 0 Å². The van der Waals surface area contributed by atoms with Crippen molar-refractivity contribution < 1.29 is 0 Å². The first-order valence-electron chi connectivity index (χ1n) is 8.85. The van der Waals surface area contributed by atoms with Gasteiger partial charge in [-0.15, -0.1) is 0 Å². The van der Waals surface area contributed by atoms with Crippen LogP contribution in [0.5, 0.6) is 0 Å². The van der Waals surface area contributed by atoms with Crippen LogP contribution in [0.15, 0.2) is 86.3 Å². The van der Waals surface area contributed by atoms with Gasteiger partial charge in [-0.25, -0.2) is 0 Å². The second kappa shape index (κ2) is 6.71. The van der Waals surface area contributed by atoms with E-state index in [0.717, 1.165) is 0 Å². The number of para-hydroxylation sites is 1. The van der Waals surface area contributed by atoms with Crippen LogP contribution in [0.25, 0.3) is 0 Å². The minimum atomic E-state index is 0.138. The van der Waals surface area contributed by atoms with Crippen LogP contribution >= 0.6 is 23.5 Å². The fourth-order valence-corrected chi connectivity index (χ4v) is 5.45. The largest absolute Gasteiger partial charge is 0.343 e. The summed E-state index contributed by atoms with van der Waals surface area (Å²) in [5.41, 5.74) is 4.01. The van der Waals surface area contributed by atoms with Crippen molar-refractivity contribution >= 4 is 34.9 Å². The quantitative estimate of drug-likeness (QED) is 0.403. The van der Waals surface area contributed by atoms with Gasteiger partial charge >= 0.3 is 0 Å². The van der Waals surface area contributed by atoms with Crippen LogP contribution in [0.1, 0.15) is 26.3 Å². The third kappa shape index (κ3) is 3.26. The van der Waals surface area contributed by atoms with Gasteiger partial charge in [-0.2, -0.15) is 0 Å². The van der Waals surface area contributed by atoms with Gasteiger partial charge in [-0.3, -0.25) is 0 Å². The lowest BCUT2D eigenvalue weighted by Crippen LogP contribution is -2.14. The summed E-state index contributed by atoms with van der Waals surface area (Å²) in [6.07, 6.45) is 0. The second-order valence-corrected chi connectivity index (χ2v) is 9.78. The molecule has 0 aliphatic carbocycles. The van der Waals surface area contributed by atoms with Crippen molar-refractivity contribution in [2.75, 3.05) is 11.9 Å². The van der Waals surface area contributed by atoms with Crippen LogP contribution in [-0.4, -0.2) is 7.05 Å². The van der Waals surface area contributed by atoms with Crippen LogP contribution in [0.2, 0.25) is 0 Å². The Balaban J connectivity index is 1.96. The maximum atomic E-state index is 2.37. The van der Waals surface area contributed by atoms with Gasteiger partial charge in [0.05, 0.1) is 11.4 Å². The van der Waals surface area contributed by atoms with E-state index in [4.69, 9.17) is 0 Å². The summed E-state index contributed by atoms with van der Waals surface area (Å²) in [6, 6.07) is 24.3. The Bertz CT molecular complexity index is 956. The summed E-state index contributed by atoms with van der Waals surface area (Å²) in [7, 11) is 2.17. The smallest absolute Gasteiger partial charge is 0.0550 e. The average molecular weight is 378 g/mol. The summed E-state index contributed by atoms with van der Waals surface area (Å²) in [5.74, 6) is 0. The van der Waals surface area contributed by atoms with Crippen LogP contribution in [0.4, 0.5) is 11.4 Å². The van der Waals surface area contributed by atoms with E-state index in [1.807, 2.05) is 23.5 Å². The van der Waals surface area contributed by atoms with Crippen LogP contribution in [-0.2, 0) is 5.41 Å². The van der Waals surface area contributed by atoms with Crippen LogP contribution < -0.4 is 4.90 Å². The minimum absolute atomic E-state index is 0.138. The summed E-state index contributed by atoms with van der Waals surface area (Å²) in [5, 5.41) is 0. The Labute approximate surface area is 164 Å². The third-order valence-electron chi connectivity index (χ3n) is 4.70. The molecule has 0 fully saturated rings. The molecule has 0 saturated carbocycles. The number of nitrogens with zero attached hydrogens (tertiary/aromatic N) is 1. The Morgan fingerprint density at radius 1 is 0.654 bits per heavy atom. The Kier molecular flexibility index (Phi) is 4.54. The van der Waals surface area contributed by atoms with Gasteiger partial charge in [0, 0.05) is 26.6 Å². The molecule has 1 aliphatic rings. The zero-order chi connectivity index (χ0) is 18.3. The van der Waals surface area contributed by atoms with Crippen molar-refractivity contribution in [3.8, 4) is 0 Å². The molecule has 3 heteroatoms. The van der Waals surface area contributed by atoms with E-state index in [9.17, 15) is 0 Å². The molecule has 0 N–H and O–H groups in total.